The highest BCUT2D eigenvalue weighted by molar-refractivity contribution is 7.89. The van der Waals surface area contributed by atoms with Crippen molar-refractivity contribution in [2.45, 2.75) is 17.9 Å². The van der Waals surface area contributed by atoms with Crippen LogP contribution in [0.5, 0.6) is 5.75 Å². The van der Waals surface area contributed by atoms with Gasteiger partial charge in [-0.2, -0.15) is 0 Å². The molecule has 0 spiro atoms. The van der Waals surface area contributed by atoms with Gasteiger partial charge in [-0.05, 0) is 32.2 Å². The number of hydrogen-bond acceptors (Lipinski definition) is 4. The number of benzene rings is 1. The molecular formula is C11H17FN2O3S. The summed E-state index contributed by atoms with van der Waals surface area (Å²) in [5.74, 6) is -0.695. The van der Waals surface area contributed by atoms with Gasteiger partial charge in [0.15, 0.2) is 11.6 Å². The van der Waals surface area contributed by atoms with Crippen molar-refractivity contribution < 1.29 is 17.5 Å². The molecule has 18 heavy (non-hydrogen) atoms. The molecule has 0 bridgehead atoms. The summed E-state index contributed by atoms with van der Waals surface area (Å²) in [7, 11) is -0.651. The number of nitrogens with one attached hydrogen (secondary N) is 2. The molecule has 102 valence electrons. The van der Waals surface area contributed by atoms with Crippen molar-refractivity contribution in [1.29, 1.82) is 0 Å². The van der Waals surface area contributed by atoms with E-state index in [1.165, 1.54) is 19.2 Å². The topological polar surface area (TPSA) is 67.4 Å². The molecule has 0 amide bonds. The minimum atomic E-state index is -3.70. The van der Waals surface area contributed by atoms with Crippen LogP contribution in [0.3, 0.4) is 0 Å². The van der Waals surface area contributed by atoms with E-state index in [4.69, 9.17) is 4.74 Å². The Hall–Kier alpha value is -1.18. The molecule has 0 heterocycles. The molecule has 0 saturated carbocycles. The highest BCUT2D eigenvalue weighted by Crippen LogP contribution is 2.20. The zero-order chi connectivity index (χ0) is 13.8. The fraction of sp³-hybridized carbons (Fsp3) is 0.455. The second-order valence-electron chi connectivity index (χ2n) is 3.84. The minimum absolute atomic E-state index is 0.0112. The second-order valence-corrected chi connectivity index (χ2v) is 5.60. The Labute approximate surface area is 106 Å². The van der Waals surface area contributed by atoms with Gasteiger partial charge in [0.05, 0.1) is 12.0 Å². The maximum absolute atomic E-state index is 13.4. The molecule has 1 unspecified atom stereocenters. The third kappa shape index (κ3) is 3.66. The van der Waals surface area contributed by atoms with Crippen LogP contribution in [-0.4, -0.2) is 35.2 Å². The van der Waals surface area contributed by atoms with Crippen LogP contribution in [0.1, 0.15) is 6.92 Å². The average Bonchev–Trinajstić information content (AvgIpc) is 2.35. The van der Waals surface area contributed by atoms with E-state index in [1.54, 1.807) is 7.05 Å². The Bertz CT molecular complexity index is 505. The number of sulfonamides is 1. The van der Waals surface area contributed by atoms with Crippen molar-refractivity contribution in [2.75, 3.05) is 20.7 Å². The van der Waals surface area contributed by atoms with Crippen molar-refractivity contribution in [1.82, 2.24) is 10.0 Å². The van der Waals surface area contributed by atoms with Crippen LogP contribution in [0.25, 0.3) is 0 Å². The summed E-state index contributed by atoms with van der Waals surface area (Å²) in [4.78, 5) is -0.121. The summed E-state index contributed by atoms with van der Waals surface area (Å²) in [6.07, 6.45) is 0. The SMILES string of the molecule is CNC(C)CNS(=O)(=O)c1ccc(OC)c(F)c1. The van der Waals surface area contributed by atoms with Gasteiger partial charge in [-0.15, -0.1) is 0 Å². The lowest BCUT2D eigenvalue weighted by Crippen LogP contribution is -2.37. The maximum atomic E-state index is 13.4. The maximum Gasteiger partial charge on any atom is 0.240 e. The van der Waals surface area contributed by atoms with Gasteiger partial charge >= 0.3 is 0 Å². The molecule has 5 nitrogen and oxygen atoms in total. The van der Waals surface area contributed by atoms with Gasteiger partial charge in [-0.1, -0.05) is 0 Å². The zero-order valence-corrected chi connectivity index (χ0v) is 11.3. The van der Waals surface area contributed by atoms with E-state index in [0.717, 1.165) is 6.07 Å². The number of rotatable bonds is 6. The summed E-state index contributed by atoms with van der Waals surface area (Å²) in [6.45, 7) is 2.06. The Morgan fingerprint density at radius 2 is 2.11 bits per heavy atom. The first kappa shape index (κ1) is 14.9. The van der Waals surface area contributed by atoms with E-state index in [2.05, 4.69) is 10.0 Å². The first-order valence-electron chi connectivity index (χ1n) is 5.41. The molecule has 0 aliphatic rings. The summed E-state index contributed by atoms with van der Waals surface area (Å²) in [6, 6.07) is 3.51. The first-order chi connectivity index (χ1) is 8.40. The van der Waals surface area contributed by atoms with Gasteiger partial charge in [0.2, 0.25) is 10.0 Å². The molecule has 7 heteroatoms. The van der Waals surface area contributed by atoms with Crippen LogP contribution in [0.4, 0.5) is 4.39 Å². The van der Waals surface area contributed by atoms with E-state index in [0.29, 0.717) is 0 Å². The predicted molar refractivity (Wildman–Crippen MR) is 66.7 cm³/mol. The summed E-state index contributed by atoms with van der Waals surface area (Å²) < 4.78 is 44.3. The van der Waals surface area contributed by atoms with Crippen LogP contribution < -0.4 is 14.8 Å². The monoisotopic (exact) mass is 276 g/mol. The van der Waals surface area contributed by atoms with E-state index in [9.17, 15) is 12.8 Å². The number of halogens is 1. The summed E-state index contributed by atoms with van der Waals surface area (Å²) >= 11 is 0. The Morgan fingerprint density at radius 3 is 2.61 bits per heavy atom. The number of ether oxygens (including phenoxy) is 1. The van der Waals surface area contributed by atoms with Gasteiger partial charge in [0, 0.05) is 12.6 Å². The molecule has 1 aromatic carbocycles. The van der Waals surface area contributed by atoms with Gasteiger partial charge in [0.25, 0.3) is 0 Å². The Morgan fingerprint density at radius 1 is 1.44 bits per heavy atom. The van der Waals surface area contributed by atoms with Crippen molar-refractivity contribution in [3.05, 3.63) is 24.0 Å². The highest BCUT2D eigenvalue weighted by Gasteiger charge is 2.17. The molecule has 1 aromatic rings. The molecule has 0 aliphatic carbocycles. The third-order valence-corrected chi connectivity index (χ3v) is 3.93. The normalized spacial score (nSPS) is 13.3. The Balaban J connectivity index is 2.88. The quantitative estimate of drug-likeness (QED) is 0.803. The van der Waals surface area contributed by atoms with Crippen molar-refractivity contribution >= 4 is 10.0 Å². The lowest BCUT2D eigenvalue weighted by atomic mass is 10.3. The van der Waals surface area contributed by atoms with Crippen molar-refractivity contribution in [3.8, 4) is 5.75 Å². The van der Waals surface area contributed by atoms with Crippen LogP contribution in [0.2, 0.25) is 0 Å². The number of likely N-dealkylation sites (N-methyl/N-ethyl adjacent to an activating group) is 1. The highest BCUT2D eigenvalue weighted by atomic mass is 32.2. The largest absolute Gasteiger partial charge is 0.494 e. The van der Waals surface area contributed by atoms with Crippen LogP contribution in [-0.2, 0) is 10.0 Å². The molecule has 0 fully saturated rings. The predicted octanol–water partition coefficient (Wildman–Crippen LogP) is 0.720. The van der Waals surface area contributed by atoms with E-state index in [-0.39, 0.29) is 23.2 Å². The molecule has 1 rings (SSSR count). The van der Waals surface area contributed by atoms with Crippen LogP contribution in [0, 0.1) is 5.82 Å². The summed E-state index contributed by atoms with van der Waals surface area (Å²) in [5, 5.41) is 2.90. The molecule has 2 N–H and O–H groups in total. The molecular weight excluding hydrogens is 259 g/mol. The lowest BCUT2D eigenvalue weighted by Gasteiger charge is -2.12. The van der Waals surface area contributed by atoms with Gasteiger partial charge in [0.1, 0.15) is 0 Å². The molecule has 1 atom stereocenters. The standard InChI is InChI=1S/C11H17FN2O3S/c1-8(13-2)7-14-18(15,16)9-4-5-11(17-3)10(12)6-9/h4-6,8,13-14H,7H2,1-3H3. The first-order valence-corrected chi connectivity index (χ1v) is 6.89. The van der Waals surface area contributed by atoms with Gasteiger partial charge < -0.3 is 10.1 Å². The van der Waals surface area contributed by atoms with Crippen molar-refractivity contribution in [3.63, 3.8) is 0 Å². The van der Waals surface area contributed by atoms with Gasteiger partial charge in [-0.25, -0.2) is 17.5 Å². The van der Waals surface area contributed by atoms with E-state index in [1.807, 2.05) is 6.92 Å². The lowest BCUT2D eigenvalue weighted by molar-refractivity contribution is 0.385. The second kappa shape index (κ2) is 6.12. The Kier molecular flexibility index (Phi) is 5.06. The minimum Gasteiger partial charge on any atom is -0.494 e. The fourth-order valence-electron chi connectivity index (χ4n) is 1.23. The molecule has 0 saturated heterocycles. The fourth-order valence-corrected chi connectivity index (χ4v) is 2.38. The molecule has 0 radical (unpaired) electrons. The molecule has 0 aromatic heterocycles. The summed E-state index contributed by atoms with van der Waals surface area (Å²) in [5.41, 5.74) is 0. The smallest absolute Gasteiger partial charge is 0.240 e. The van der Waals surface area contributed by atoms with E-state index < -0.39 is 15.8 Å². The molecule has 0 aliphatic heterocycles. The van der Waals surface area contributed by atoms with Crippen molar-refractivity contribution in [2.24, 2.45) is 0 Å². The zero-order valence-electron chi connectivity index (χ0n) is 10.5. The van der Waals surface area contributed by atoms with Crippen LogP contribution >= 0.6 is 0 Å². The van der Waals surface area contributed by atoms with Gasteiger partial charge in [-0.3, -0.25) is 0 Å². The third-order valence-electron chi connectivity index (χ3n) is 2.51. The number of methoxy groups -OCH3 is 1. The number of hydrogen-bond donors (Lipinski definition) is 2. The average molecular weight is 276 g/mol. The van der Waals surface area contributed by atoms with Crippen LogP contribution in [0.15, 0.2) is 23.1 Å². The van der Waals surface area contributed by atoms with E-state index >= 15 is 0 Å².